The Morgan fingerprint density at radius 1 is 1.11 bits per heavy atom. The van der Waals surface area contributed by atoms with Gasteiger partial charge in [0.25, 0.3) is 11.6 Å². The number of nitrogens with zero attached hydrogens (tertiary/aromatic N) is 4. The summed E-state index contributed by atoms with van der Waals surface area (Å²) in [6.07, 6.45) is 7.59. The Kier molecular flexibility index (Phi) is 5.21. The average molecular weight is 528 g/mol. The van der Waals surface area contributed by atoms with Crippen LogP contribution in [-0.4, -0.2) is 35.2 Å². The van der Waals surface area contributed by atoms with Crippen LogP contribution in [0.15, 0.2) is 21.8 Å². The van der Waals surface area contributed by atoms with Gasteiger partial charge >= 0.3 is 5.69 Å². The van der Waals surface area contributed by atoms with Gasteiger partial charge in [-0.1, -0.05) is 11.8 Å². The van der Waals surface area contributed by atoms with E-state index in [9.17, 15) is 24.5 Å². The summed E-state index contributed by atoms with van der Waals surface area (Å²) in [6, 6.07) is 2.85. The summed E-state index contributed by atoms with van der Waals surface area (Å²) in [5, 5.41) is 12.9. The quantitative estimate of drug-likeness (QED) is 0.281. The van der Waals surface area contributed by atoms with Crippen molar-refractivity contribution in [2.45, 2.75) is 38.5 Å². The molecule has 0 atom stereocenters. The second-order valence-corrected chi connectivity index (χ2v) is 12.4. The largest absolute Gasteiger partial charge is 0.328 e. The molecular weight excluding hydrogens is 502 g/mol. The maximum absolute atomic E-state index is 13.5. The molecule has 1 aliphatic heterocycles. The number of carbonyl (C=O) groups excluding carboxylic acids is 2. The van der Waals surface area contributed by atoms with E-state index >= 15 is 0 Å². The second-order valence-electron chi connectivity index (χ2n) is 10.7. The second kappa shape index (κ2) is 8.01. The Hall–Kier alpha value is -2.99. The summed E-state index contributed by atoms with van der Waals surface area (Å²) in [6.45, 7) is 0. The number of nitro groups is 1. The smallest absolute Gasteiger partial charge is 0.295 e. The van der Waals surface area contributed by atoms with Gasteiger partial charge in [-0.25, -0.2) is 4.79 Å². The molecule has 12 heteroatoms. The van der Waals surface area contributed by atoms with Crippen LogP contribution >= 0.6 is 24.0 Å². The number of imidazole rings is 1. The summed E-state index contributed by atoms with van der Waals surface area (Å²) in [5.41, 5.74) is 2.92. The molecule has 4 aliphatic carbocycles. The molecule has 1 aromatic carbocycles. The molecule has 10 nitrogen and oxygen atoms in total. The van der Waals surface area contributed by atoms with E-state index in [0.29, 0.717) is 28.8 Å². The zero-order valence-electron chi connectivity index (χ0n) is 19.9. The maximum Gasteiger partial charge on any atom is 0.328 e. The van der Waals surface area contributed by atoms with Crippen LogP contribution in [0.5, 0.6) is 0 Å². The van der Waals surface area contributed by atoms with Crippen molar-refractivity contribution in [2.24, 2.45) is 37.3 Å². The van der Waals surface area contributed by atoms with E-state index in [1.807, 2.05) is 0 Å². The van der Waals surface area contributed by atoms with Crippen molar-refractivity contribution in [2.75, 3.05) is 0 Å². The number of hydrogen-bond acceptors (Lipinski definition) is 7. The summed E-state index contributed by atoms with van der Waals surface area (Å²) < 4.78 is 2.92. The third-order valence-electron chi connectivity index (χ3n) is 8.43. The lowest BCUT2D eigenvalue weighted by Crippen LogP contribution is -2.57. The molecule has 1 N–H and O–H groups in total. The molecule has 36 heavy (non-hydrogen) atoms. The highest BCUT2D eigenvalue weighted by Gasteiger charge is 2.55. The van der Waals surface area contributed by atoms with Crippen LogP contribution in [0.1, 0.15) is 44.1 Å². The molecule has 2 amide bonds. The first kappa shape index (κ1) is 23.4. The summed E-state index contributed by atoms with van der Waals surface area (Å²) in [5.74, 6) is 1.08. The van der Waals surface area contributed by atoms with Gasteiger partial charge in [0.15, 0.2) is 4.32 Å². The van der Waals surface area contributed by atoms with Crippen molar-refractivity contribution in [3.63, 3.8) is 0 Å². The average Bonchev–Trinajstić information content (AvgIpc) is 3.19. The number of nitrogens with one attached hydrogen (secondary N) is 1. The Balaban J connectivity index is 1.30. The van der Waals surface area contributed by atoms with Gasteiger partial charge in [0.2, 0.25) is 5.91 Å². The fourth-order valence-electron chi connectivity index (χ4n) is 7.14. The van der Waals surface area contributed by atoms with Crippen molar-refractivity contribution >= 4 is 62.9 Å². The standard InChI is InChI=1S/C24H25N5O5S2/c1-26-17-6-15(16(29(33)34)8-18(17)27(2)22(26)32)7-19-20(30)28(23(35)36-19)25-21(31)24-9-12-3-13(10-24)5-14(4-12)11-24/h6-8,12-14H,3-5,9-11H2,1-2H3,(H,25,31)/b19-7-. The molecule has 1 aromatic heterocycles. The molecule has 4 saturated carbocycles. The molecule has 5 fully saturated rings. The molecule has 7 rings (SSSR count). The third kappa shape index (κ3) is 3.45. The molecule has 0 unspecified atom stereocenters. The number of carbonyl (C=O) groups is 2. The highest BCUT2D eigenvalue weighted by Crippen LogP contribution is 2.60. The first-order valence-electron chi connectivity index (χ1n) is 12.0. The maximum atomic E-state index is 13.5. The lowest BCUT2D eigenvalue weighted by Gasteiger charge is -2.55. The molecule has 1 saturated heterocycles. The van der Waals surface area contributed by atoms with Crippen LogP contribution in [0.25, 0.3) is 17.1 Å². The summed E-state index contributed by atoms with van der Waals surface area (Å²) >= 11 is 6.40. The van der Waals surface area contributed by atoms with Crippen LogP contribution in [0.4, 0.5) is 5.69 Å². The minimum Gasteiger partial charge on any atom is -0.295 e. The number of thioether (sulfide) groups is 1. The molecular formula is C24H25N5O5S2. The SMILES string of the molecule is Cn1c(=O)n(C)c2cc([N+](=O)[O-])c(/C=C3\SC(=S)N(NC(=O)C45CC6CC(CC(C6)C4)C5)C3=O)cc21. The number of thiocarbonyl (C=S) groups is 1. The zero-order valence-corrected chi connectivity index (χ0v) is 21.5. The van der Waals surface area contributed by atoms with Gasteiger partial charge < -0.3 is 0 Å². The van der Waals surface area contributed by atoms with Gasteiger partial charge in [-0.15, -0.1) is 0 Å². The fourth-order valence-corrected chi connectivity index (χ4v) is 8.31. The lowest BCUT2D eigenvalue weighted by atomic mass is 9.49. The number of amides is 2. The van der Waals surface area contributed by atoms with Crippen LogP contribution in [0.3, 0.4) is 0 Å². The Morgan fingerprint density at radius 2 is 1.67 bits per heavy atom. The van der Waals surface area contributed by atoms with Crippen LogP contribution in [-0.2, 0) is 23.7 Å². The van der Waals surface area contributed by atoms with Gasteiger partial charge in [-0.2, -0.15) is 5.01 Å². The predicted octanol–water partition coefficient (Wildman–Crippen LogP) is 3.23. The molecule has 0 spiro atoms. The summed E-state index contributed by atoms with van der Waals surface area (Å²) in [4.78, 5) is 50.5. The Morgan fingerprint density at radius 3 is 2.22 bits per heavy atom. The van der Waals surface area contributed by atoms with Gasteiger partial charge in [-0.3, -0.25) is 34.3 Å². The monoisotopic (exact) mass is 527 g/mol. The van der Waals surface area contributed by atoms with E-state index in [-0.39, 0.29) is 32.1 Å². The number of rotatable bonds is 4. The van der Waals surface area contributed by atoms with Gasteiger partial charge in [0, 0.05) is 20.2 Å². The van der Waals surface area contributed by atoms with Crippen molar-refractivity contribution in [1.82, 2.24) is 19.6 Å². The van der Waals surface area contributed by atoms with E-state index in [2.05, 4.69) is 5.43 Å². The molecule has 0 radical (unpaired) electrons. The minimum atomic E-state index is -0.543. The number of hydrazine groups is 1. The number of aromatic nitrogens is 2. The number of aryl methyl sites for hydroxylation is 2. The number of nitro benzene ring substituents is 1. The first-order valence-corrected chi connectivity index (χ1v) is 13.2. The van der Waals surface area contributed by atoms with Crippen molar-refractivity contribution in [3.8, 4) is 0 Å². The normalized spacial score (nSPS) is 30.1. The number of hydrogen-bond donors (Lipinski definition) is 1. The Bertz CT molecular complexity index is 1440. The van der Waals surface area contributed by atoms with Crippen molar-refractivity contribution in [1.29, 1.82) is 0 Å². The number of fused-ring (bicyclic) bond motifs is 1. The number of benzene rings is 1. The van der Waals surface area contributed by atoms with Gasteiger partial charge in [0.1, 0.15) is 0 Å². The van der Waals surface area contributed by atoms with Crippen LogP contribution < -0.4 is 11.1 Å². The lowest BCUT2D eigenvalue weighted by molar-refractivity contribution is -0.385. The highest BCUT2D eigenvalue weighted by atomic mass is 32.2. The minimum absolute atomic E-state index is 0.147. The molecule has 2 aromatic rings. The first-order chi connectivity index (χ1) is 17.1. The van der Waals surface area contributed by atoms with Gasteiger partial charge in [0.05, 0.1) is 31.8 Å². The topological polar surface area (TPSA) is 119 Å². The van der Waals surface area contributed by atoms with Crippen LogP contribution in [0.2, 0.25) is 0 Å². The van der Waals surface area contributed by atoms with Crippen LogP contribution in [0, 0.1) is 33.3 Å². The van der Waals surface area contributed by atoms with Crippen molar-refractivity contribution in [3.05, 3.63) is 43.2 Å². The predicted molar refractivity (Wildman–Crippen MR) is 139 cm³/mol. The van der Waals surface area contributed by atoms with Gasteiger partial charge in [-0.05, 0) is 80.6 Å². The van der Waals surface area contributed by atoms with E-state index < -0.39 is 16.2 Å². The Labute approximate surface area is 215 Å². The molecule has 2 heterocycles. The van der Waals surface area contributed by atoms with E-state index in [0.717, 1.165) is 36.0 Å². The van der Waals surface area contributed by atoms with Crippen molar-refractivity contribution < 1.29 is 14.5 Å². The molecule has 4 bridgehead atoms. The zero-order chi connectivity index (χ0) is 25.5. The fraction of sp³-hybridized carbons (Fsp3) is 0.500. The summed E-state index contributed by atoms with van der Waals surface area (Å²) in [7, 11) is 3.13. The van der Waals surface area contributed by atoms with E-state index in [1.54, 1.807) is 14.1 Å². The van der Waals surface area contributed by atoms with E-state index in [4.69, 9.17) is 12.2 Å². The third-order valence-corrected chi connectivity index (χ3v) is 9.73. The molecule has 188 valence electrons. The molecule has 5 aliphatic rings. The van der Waals surface area contributed by atoms with E-state index in [1.165, 1.54) is 46.6 Å². The highest BCUT2D eigenvalue weighted by molar-refractivity contribution is 8.26.